The maximum atomic E-state index is 11.8. The van der Waals surface area contributed by atoms with Gasteiger partial charge in [0.25, 0.3) is 0 Å². The van der Waals surface area contributed by atoms with E-state index in [0.717, 1.165) is 15.8 Å². The molecule has 21 heavy (non-hydrogen) atoms. The summed E-state index contributed by atoms with van der Waals surface area (Å²) in [7, 11) is 0. The van der Waals surface area contributed by atoms with Gasteiger partial charge < -0.3 is 15.2 Å². The van der Waals surface area contributed by atoms with E-state index >= 15 is 0 Å². The minimum absolute atomic E-state index is 0.183. The van der Waals surface area contributed by atoms with Gasteiger partial charge in [0.15, 0.2) is 0 Å². The number of ether oxygens (including phenoxy) is 2. The second kappa shape index (κ2) is 7.13. The number of esters is 1. The van der Waals surface area contributed by atoms with Crippen LogP contribution in [-0.4, -0.2) is 19.2 Å². The normalized spacial score (nSPS) is 10.2. The zero-order chi connectivity index (χ0) is 15.2. The molecule has 0 bridgehead atoms. The molecule has 2 N–H and O–H groups in total. The van der Waals surface area contributed by atoms with Crippen LogP contribution in [0.2, 0.25) is 0 Å². The van der Waals surface area contributed by atoms with E-state index in [2.05, 4.69) is 15.9 Å². The first kappa shape index (κ1) is 15.4. The predicted molar refractivity (Wildman–Crippen MR) is 85.5 cm³/mol. The largest absolute Gasteiger partial charge is 0.490 e. The Morgan fingerprint density at radius 3 is 2.52 bits per heavy atom. The van der Waals surface area contributed by atoms with E-state index in [0.29, 0.717) is 17.9 Å². The van der Waals surface area contributed by atoms with Crippen molar-refractivity contribution in [1.29, 1.82) is 0 Å². The molecule has 4 nitrogen and oxygen atoms in total. The summed E-state index contributed by atoms with van der Waals surface area (Å²) < 4.78 is 11.6. The Morgan fingerprint density at radius 1 is 1.14 bits per heavy atom. The molecule has 0 saturated carbocycles. The second-order valence-corrected chi connectivity index (χ2v) is 5.43. The van der Waals surface area contributed by atoms with Gasteiger partial charge in [0.1, 0.15) is 19.0 Å². The lowest BCUT2D eigenvalue weighted by atomic mass is 10.1. The number of nitrogen functional groups attached to an aromatic ring is 1. The Balaban J connectivity index is 1.79. The average molecular weight is 350 g/mol. The van der Waals surface area contributed by atoms with Crippen LogP contribution in [0.5, 0.6) is 5.75 Å². The van der Waals surface area contributed by atoms with Crippen LogP contribution in [0.4, 0.5) is 5.69 Å². The van der Waals surface area contributed by atoms with E-state index in [-0.39, 0.29) is 6.61 Å². The number of halogens is 1. The van der Waals surface area contributed by atoms with E-state index in [9.17, 15) is 4.79 Å². The third-order valence-corrected chi connectivity index (χ3v) is 3.44. The van der Waals surface area contributed by atoms with Crippen LogP contribution in [0.25, 0.3) is 0 Å². The van der Waals surface area contributed by atoms with Gasteiger partial charge in [-0.1, -0.05) is 22.0 Å². The number of carbonyl (C=O) groups is 1. The molecule has 0 aliphatic heterocycles. The Morgan fingerprint density at radius 2 is 1.86 bits per heavy atom. The summed E-state index contributed by atoms with van der Waals surface area (Å²) in [6.45, 7) is 2.37. The average Bonchev–Trinajstić information content (AvgIpc) is 2.48. The zero-order valence-corrected chi connectivity index (χ0v) is 13.2. The van der Waals surface area contributed by atoms with Crippen molar-refractivity contribution < 1.29 is 14.3 Å². The van der Waals surface area contributed by atoms with Crippen LogP contribution >= 0.6 is 15.9 Å². The standard InChI is InChI=1S/C16H16BrNO3/c1-11-2-3-12(10-15(11)18)16(19)21-9-8-20-14-6-4-13(17)5-7-14/h2-7,10H,8-9,18H2,1H3. The van der Waals surface area contributed by atoms with E-state index < -0.39 is 5.97 Å². The first-order valence-electron chi connectivity index (χ1n) is 6.48. The molecule has 2 rings (SSSR count). The van der Waals surface area contributed by atoms with Crippen LogP contribution in [0, 0.1) is 6.92 Å². The fourth-order valence-corrected chi connectivity index (χ4v) is 1.94. The van der Waals surface area contributed by atoms with Gasteiger partial charge in [-0.05, 0) is 48.9 Å². The Labute approximate surface area is 132 Å². The lowest BCUT2D eigenvalue weighted by molar-refractivity contribution is 0.0450. The molecule has 0 atom stereocenters. The van der Waals surface area contributed by atoms with Crippen molar-refractivity contribution in [3.63, 3.8) is 0 Å². The van der Waals surface area contributed by atoms with Gasteiger partial charge in [0, 0.05) is 10.2 Å². The van der Waals surface area contributed by atoms with Gasteiger partial charge >= 0.3 is 5.97 Å². The quantitative estimate of drug-likeness (QED) is 0.509. The van der Waals surface area contributed by atoms with Gasteiger partial charge in [-0.2, -0.15) is 0 Å². The van der Waals surface area contributed by atoms with Crippen molar-refractivity contribution in [2.45, 2.75) is 6.92 Å². The molecule has 0 saturated heterocycles. The number of hydrogen-bond donors (Lipinski definition) is 1. The molecule has 0 heterocycles. The number of aryl methyl sites for hydroxylation is 1. The highest BCUT2D eigenvalue weighted by molar-refractivity contribution is 9.10. The number of hydrogen-bond acceptors (Lipinski definition) is 4. The third-order valence-electron chi connectivity index (χ3n) is 2.91. The first-order chi connectivity index (χ1) is 10.1. The lowest BCUT2D eigenvalue weighted by Gasteiger charge is -2.08. The summed E-state index contributed by atoms with van der Waals surface area (Å²) in [6, 6.07) is 12.6. The summed E-state index contributed by atoms with van der Waals surface area (Å²) in [4.78, 5) is 11.8. The maximum Gasteiger partial charge on any atom is 0.338 e. The van der Waals surface area contributed by atoms with E-state index in [1.165, 1.54) is 0 Å². The molecule has 0 aliphatic rings. The molecular formula is C16H16BrNO3. The minimum atomic E-state index is -0.402. The fourth-order valence-electron chi connectivity index (χ4n) is 1.68. The Bertz CT molecular complexity index is 626. The Hall–Kier alpha value is -2.01. The maximum absolute atomic E-state index is 11.8. The van der Waals surface area contributed by atoms with E-state index in [4.69, 9.17) is 15.2 Å². The SMILES string of the molecule is Cc1ccc(C(=O)OCCOc2ccc(Br)cc2)cc1N. The highest BCUT2D eigenvalue weighted by atomic mass is 79.9. The lowest BCUT2D eigenvalue weighted by Crippen LogP contribution is -2.12. The molecule has 0 radical (unpaired) electrons. The molecule has 0 aliphatic carbocycles. The van der Waals surface area contributed by atoms with Gasteiger partial charge in [-0.3, -0.25) is 0 Å². The Kier molecular flexibility index (Phi) is 5.22. The number of nitrogens with two attached hydrogens (primary N) is 1. The zero-order valence-electron chi connectivity index (χ0n) is 11.6. The van der Waals surface area contributed by atoms with Crippen LogP contribution in [-0.2, 0) is 4.74 Å². The monoisotopic (exact) mass is 349 g/mol. The van der Waals surface area contributed by atoms with Crippen LogP contribution < -0.4 is 10.5 Å². The molecule has 0 unspecified atom stereocenters. The number of benzene rings is 2. The van der Waals surface area contributed by atoms with Crippen molar-refractivity contribution in [2.24, 2.45) is 0 Å². The smallest absolute Gasteiger partial charge is 0.338 e. The summed E-state index contributed by atoms with van der Waals surface area (Å²) in [5, 5.41) is 0. The summed E-state index contributed by atoms with van der Waals surface area (Å²) >= 11 is 3.35. The molecular weight excluding hydrogens is 334 g/mol. The predicted octanol–water partition coefficient (Wildman–Crippen LogP) is 3.58. The van der Waals surface area contributed by atoms with Crippen molar-refractivity contribution in [2.75, 3.05) is 18.9 Å². The number of rotatable bonds is 5. The van der Waals surface area contributed by atoms with Crippen LogP contribution in [0.15, 0.2) is 46.9 Å². The fraction of sp³-hybridized carbons (Fsp3) is 0.188. The van der Waals surface area contributed by atoms with E-state index in [1.807, 2.05) is 31.2 Å². The van der Waals surface area contributed by atoms with Gasteiger partial charge in [0.05, 0.1) is 5.56 Å². The third kappa shape index (κ3) is 4.49. The highest BCUT2D eigenvalue weighted by Gasteiger charge is 2.08. The molecule has 0 fully saturated rings. The van der Waals surface area contributed by atoms with Gasteiger partial charge in [-0.25, -0.2) is 4.79 Å². The highest BCUT2D eigenvalue weighted by Crippen LogP contribution is 2.16. The molecule has 0 amide bonds. The second-order valence-electron chi connectivity index (χ2n) is 4.51. The number of carbonyl (C=O) groups excluding carboxylic acids is 1. The van der Waals surface area contributed by atoms with Crippen molar-refractivity contribution in [3.8, 4) is 5.75 Å². The molecule has 2 aromatic carbocycles. The minimum Gasteiger partial charge on any atom is -0.490 e. The van der Waals surface area contributed by atoms with E-state index in [1.54, 1.807) is 18.2 Å². The van der Waals surface area contributed by atoms with Crippen molar-refractivity contribution in [1.82, 2.24) is 0 Å². The van der Waals surface area contributed by atoms with Crippen LogP contribution in [0.1, 0.15) is 15.9 Å². The molecule has 0 aromatic heterocycles. The molecule has 110 valence electrons. The first-order valence-corrected chi connectivity index (χ1v) is 7.27. The molecule has 2 aromatic rings. The topological polar surface area (TPSA) is 61.5 Å². The summed E-state index contributed by atoms with van der Waals surface area (Å²) in [6.07, 6.45) is 0. The molecule has 5 heteroatoms. The number of anilines is 1. The summed E-state index contributed by atoms with van der Waals surface area (Å²) in [5.41, 5.74) is 7.73. The van der Waals surface area contributed by atoms with Crippen LogP contribution in [0.3, 0.4) is 0 Å². The van der Waals surface area contributed by atoms with Crippen molar-refractivity contribution in [3.05, 3.63) is 58.1 Å². The van der Waals surface area contributed by atoms with Gasteiger partial charge in [-0.15, -0.1) is 0 Å². The molecule has 0 spiro atoms. The summed E-state index contributed by atoms with van der Waals surface area (Å²) in [5.74, 6) is 0.329. The van der Waals surface area contributed by atoms with Gasteiger partial charge in [0.2, 0.25) is 0 Å². The van der Waals surface area contributed by atoms with Crippen molar-refractivity contribution >= 4 is 27.6 Å².